The molecule has 0 aromatic heterocycles. The van der Waals surface area contributed by atoms with Crippen molar-refractivity contribution in [2.75, 3.05) is 38.5 Å². The molecule has 0 saturated carbocycles. The van der Waals surface area contributed by atoms with Crippen LogP contribution in [0.1, 0.15) is 11.1 Å². The third-order valence-corrected chi connectivity index (χ3v) is 4.37. The summed E-state index contributed by atoms with van der Waals surface area (Å²) < 4.78 is 12.9. The van der Waals surface area contributed by atoms with E-state index in [1.807, 2.05) is 12.1 Å². The Morgan fingerprint density at radius 2 is 1.48 bits per heavy atom. The van der Waals surface area contributed by atoms with Crippen LogP contribution in [0.3, 0.4) is 0 Å². The summed E-state index contributed by atoms with van der Waals surface area (Å²) in [4.78, 5) is 4.87. The van der Waals surface area contributed by atoms with Gasteiger partial charge in [0.25, 0.3) is 0 Å². The van der Waals surface area contributed by atoms with Gasteiger partial charge >= 0.3 is 0 Å². The van der Waals surface area contributed by atoms with Crippen molar-refractivity contribution in [1.29, 1.82) is 0 Å². The SMILES string of the molecule is CN1CCN(Cc2ccc(NCc3ccc(F)cc3)cc2)CC1. The molecular formula is C19H24FN3. The number of hydrogen-bond donors (Lipinski definition) is 1. The Balaban J connectivity index is 1.49. The van der Waals surface area contributed by atoms with Gasteiger partial charge in [-0.3, -0.25) is 4.90 Å². The van der Waals surface area contributed by atoms with E-state index in [4.69, 9.17) is 0 Å². The monoisotopic (exact) mass is 313 g/mol. The lowest BCUT2D eigenvalue weighted by molar-refractivity contribution is 0.148. The molecule has 0 unspecified atom stereocenters. The summed E-state index contributed by atoms with van der Waals surface area (Å²) in [5, 5.41) is 3.37. The van der Waals surface area contributed by atoms with Crippen LogP contribution in [-0.4, -0.2) is 43.0 Å². The molecule has 2 aromatic carbocycles. The second-order valence-corrected chi connectivity index (χ2v) is 6.26. The molecule has 3 nitrogen and oxygen atoms in total. The first-order valence-electron chi connectivity index (χ1n) is 8.17. The maximum absolute atomic E-state index is 12.9. The van der Waals surface area contributed by atoms with Gasteiger partial charge in [-0.2, -0.15) is 0 Å². The second kappa shape index (κ2) is 7.57. The Hall–Kier alpha value is -1.91. The van der Waals surface area contributed by atoms with Crippen molar-refractivity contribution in [3.8, 4) is 0 Å². The lowest BCUT2D eigenvalue weighted by Gasteiger charge is -2.32. The average molecular weight is 313 g/mol. The number of nitrogens with one attached hydrogen (secondary N) is 1. The van der Waals surface area contributed by atoms with Crippen LogP contribution in [0.15, 0.2) is 48.5 Å². The van der Waals surface area contributed by atoms with E-state index in [9.17, 15) is 4.39 Å². The van der Waals surface area contributed by atoms with Crippen LogP contribution in [0.2, 0.25) is 0 Å². The molecule has 0 radical (unpaired) electrons. The number of likely N-dealkylation sites (N-methyl/N-ethyl adjacent to an activating group) is 1. The number of piperazine rings is 1. The molecule has 122 valence electrons. The molecule has 1 heterocycles. The fourth-order valence-corrected chi connectivity index (χ4v) is 2.80. The Labute approximate surface area is 137 Å². The van der Waals surface area contributed by atoms with Crippen molar-refractivity contribution in [1.82, 2.24) is 9.80 Å². The van der Waals surface area contributed by atoms with Crippen molar-refractivity contribution in [2.24, 2.45) is 0 Å². The molecule has 1 fully saturated rings. The third kappa shape index (κ3) is 4.78. The Morgan fingerprint density at radius 1 is 0.870 bits per heavy atom. The van der Waals surface area contributed by atoms with Crippen molar-refractivity contribution >= 4 is 5.69 Å². The summed E-state index contributed by atoms with van der Waals surface area (Å²) in [5.41, 5.74) is 3.52. The first-order chi connectivity index (χ1) is 11.2. The largest absolute Gasteiger partial charge is 0.381 e. The Kier molecular flexibility index (Phi) is 5.26. The molecule has 0 atom stereocenters. The van der Waals surface area contributed by atoms with Crippen LogP contribution in [0.5, 0.6) is 0 Å². The summed E-state index contributed by atoms with van der Waals surface area (Å²) in [6.45, 7) is 6.31. The minimum Gasteiger partial charge on any atom is -0.381 e. The predicted molar refractivity (Wildman–Crippen MR) is 92.9 cm³/mol. The topological polar surface area (TPSA) is 18.5 Å². The van der Waals surface area contributed by atoms with Crippen molar-refractivity contribution in [2.45, 2.75) is 13.1 Å². The Bertz CT molecular complexity index is 602. The maximum Gasteiger partial charge on any atom is 0.123 e. The van der Waals surface area contributed by atoms with E-state index in [1.54, 1.807) is 0 Å². The molecule has 0 amide bonds. The van der Waals surface area contributed by atoms with Gasteiger partial charge in [0.1, 0.15) is 5.82 Å². The fourth-order valence-electron chi connectivity index (χ4n) is 2.80. The molecule has 1 aliphatic heterocycles. The smallest absolute Gasteiger partial charge is 0.123 e. The number of anilines is 1. The molecule has 0 bridgehead atoms. The highest BCUT2D eigenvalue weighted by atomic mass is 19.1. The molecule has 23 heavy (non-hydrogen) atoms. The van der Waals surface area contributed by atoms with E-state index in [2.05, 4.69) is 46.4 Å². The molecule has 2 aromatic rings. The lowest BCUT2D eigenvalue weighted by atomic mass is 10.1. The summed E-state index contributed by atoms with van der Waals surface area (Å²) in [5.74, 6) is -0.193. The summed E-state index contributed by atoms with van der Waals surface area (Å²) in [7, 11) is 2.18. The molecule has 0 spiro atoms. The van der Waals surface area contributed by atoms with Crippen molar-refractivity contribution in [3.05, 3.63) is 65.5 Å². The summed E-state index contributed by atoms with van der Waals surface area (Å²) in [6.07, 6.45) is 0. The first kappa shape index (κ1) is 16.0. The quantitative estimate of drug-likeness (QED) is 0.914. The second-order valence-electron chi connectivity index (χ2n) is 6.26. The van der Waals surface area contributed by atoms with Gasteiger partial charge in [-0.15, -0.1) is 0 Å². The van der Waals surface area contributed by atoms with E-state index in [0.717, 1.165) is 44.0 Å². The van der Waals surface area contributed by atoms with Crippen molar-refractivity contribution < 1.29 is 4.39 Å². The standard InChI is InChI=1S/C19H24FN3/c1-22-10-12-23(13-11-22)15-17-4-8-19(9-5-17)21-14-16-2-6-18(20)7-3-16/h2-9,21H,10-15H2,1H3. The van der Waals surface area contributed by atoms with Crippen LogP contribution in [-0.2, 0) is 13.1 Å². The number of nitrogens with zero attached hydrogens (tertiary/aromatic N) is 2. The zero-order valence-corrected chi connectivity index (χ0v) is 13.6. The minimum absolute atomic E-state index is 0.193. The molecule has 3 rings (SSSR count). The minimum atomic E-state index is -0.193. The molecule has 1 N–H and O–H groups in total. The predicted octanol–water partition coefficient (Wildman–Crippen LogP) is 3.19. The van der Waals surface area contributed by atoms with E-state index in [0.29, 0.717) is 6.54 Å². The highest BCUT2D eigenvalue weighted by Crippen LogP contribution is 2.14. The fraction of sp³-hybridized carbons (Fsp3) is 0.368. The first-order valence-corrected chi connectivity index (χ1v) is 8.17. The molecular weight excluding hydrogens is 289 g/mol. The third-order valence-electron chi connectivity index (χ3n) is 4.37. The van der Waals surface area contributed by atoms with Gasteiger partial charge < -0.3 is 10.2 Å². The zero-order valence-electron chi connectivity index (χ0n) is 13.6. The van der Waals surface area contributed by atoms with Gasteiger partial charge in [0, 0.05) is 45.0 Å². The van der Waals surface area contributed by atoms with Gasteiger partial charge in [-0.05, 0) is 42.4 Å². The van der Waals surface area contributed by atoms with Crippen LogP contribution >= 0.6 is 0 Å². The molecule has 0 aliphatic carbocycles. The van der Waals surface area contributed by atoms with Gasteiger partial charge in [0.15, 0.2) is 0 Å². The lowest BCUT2D eigenvalue weighted by Crippen LogP contribution is -2.43. The van der Waals surface area contributed by atoms with Gasteiger partial charge in [-0.1, -0.05) is 24.3 Å². The maximum atomic E-state index is 12.9. The van der Waals surface area contributed by atoms with E-state index in [-0.39, 0.29) is 5.82 Å². The van der Waals surface area contributed by atoms with Crippen LogP contribution < -0.4 is 5.32 Å². The summed E-state index contributed by atoms with van der Waals surface area (Å²) in [6, 6.07) is 15.2. The molecule has 1 aliphatic rings. The average Bonchev–Trinajstić information content (AvgIpc) is 2.58. The molecule has 1 saturated heterocycles. The highest BCUT2D eigenvalue weighted by Gasteiger charge is 2.13. The zero-order chi connectivity index (χ0) is 16.1. The van der Waals surface area contributed by atoms with Gasteiger partial charge in [0.05, 0.1) is 0 Å². The molecule has 4 heteroatoms. The van der Waals surface area contributed by atoms with E-state index >= 15 is 0 Å². The number of hydrogen-bond acceptors (Lipinski definition) is 3. The number of benzene rings is 2. The highest BCUT2D eigenvalue weighted by molar-refractivity contribution is 5.45. The summed E-state index contributed by atoms with van der Waals surface area (Å²) >= 11 is 0. The van der Waals surface area contributed by atoms with E-state index < -0.39 is 0 Å². The number of rotatable bonds is 5. The van der Waals surface area contributed by atoms with Gasteiger partial charge in [-0.25, -0.2) is 4.39 Å². The van der Waals surface area contributed by atoms with Crippen LogP contribution in [0, 0.1) is 5.82 Å². The van der Waals surface area contributed by atoms with E-state index in [1.165, 1.54) is 17.7 Å². The van der Waals surface area contributed by atoms with Crippen molar-refractivity contribution in [3.63, 3.8) is 0 Å². The van der Waals surface area contributed by atoms with Crippen LogP contribution in [0.4, 0.5) is 10.1 Å². The van der Waals surface area contributed by atoms with Crippen LogP contribution in [0.25, 0.3) is 0 Å². The van der Waals surface area contributed by atoms with Gasteiger partial charge in [0.2, 0.25) is 0 Å². The Morgan fingerprint density at radius 3 is 2.13 bits per heavy atom. The normalized spacial score (nSPS) is 16.4. The number of halogens is 1.